The number of aliphatic hydroxyl groups is 16. The van der Waals surface area contributed by atoms with Crippen molar-refractivity contribution >= 4 is 52.1 Å². The molecule has 123 heavy (non-hydrogen) atoms. The SMILES string of the molecule is Cn1ccc2c1-c1cc(Cc3cc([C@@H]4O[C@H](CO)[C@@H](O)[C@H](O)[C@H]4O)ccc3Cl)ccc1OC2.OC[C@H]1O[C@@H](c2ccc(Cl)c(Cc3cc(F)c4c(c3)NCCO4)c2)[C@H](O)[C@@H](O)[C@@H]1O.OC[C@H]1O[C@@H](c2ccc(Cl)c(Cc3cc(F)c4c(c3)OCCO4)c2)[C@H](O)[C@@H](O)[C@@H]1O.OC[C@H]1O[C@@H](c2ccc(Cl)c(Cc3ccc4c(c3)CC3CC3O4)c2)[C@H](O)[C@@H](O)[C@@H]1O. The zero-order valence-corrected chi connectivity index (χ0v) is 69.2. The second kappa shape index (κ2) is 38.7. The third kappa shape index (κ3) is 19.4. The summed E-state index contributed by atoms with van der Waals surface area (Å²) in [6.45, 7) is 0.208. The minimum absolute atomic E-state index is 0.0890. The van der Waals surface area contributed by atoms with Crippen molar-refractivity contribution in [3.63, 3.8) is 0 Å². The molecule has 1 aliphatic carbocycles. The van der Waals surface area contributed by atoms with Crippen molar-refractivity contribution in [2.24, 2.45) is 13.0 Å². The van der Waals surface area contributed by atoms with Crippen LogP contribution in [0.25, 0.3) is 11.3 Å². The van der Waals surface area contributed by atoms with Gasteiger partial charge in [-0.3, -0.25) is 0 Å². The number of fused-ring (bicyclic) bond motifs is 7. The number of hydrogen-bond donors (Lipinski definition) is 17. The summed E-state index contributed by atoms with van der Waals surface area (Å²) in [5.41, 5.74) is 13.8. The van der Waals surface area contributed by atoms with E-state index in [0.29, 0.717) is 134 Å². The first-order chi connectivity index (χ1) is 59.1. The van der Waals surface area contributed by atoms with Crippen LogP contribution in [0.3, 0.4) is 0 Å². The van der Waals surface area contributed by atoms with Gasteiger partial charge in [-0.25, -0.2) is 8.78 Å². The van der Waals surface area contributed by atoms with E-state index in [0.717, 1.165) is 63.4 Å². The average molecular weight is 1790 g/mol. The zero-order chi connectivity index (χ0) is 87.1. The highest BCUT2D eigenvalue weighted by atomic mass is 35.5. The molecule has 27 nitrogen and oxygen atoms in total. The molecule has 1 saturated carbocycles. The number of nitrogens with one attached hydrogen (secondary N) is 1. The van der Waals surface area contributed by atoms with E-state index in [-0.39, 0.29) is 24.5 Å². The fourth-order valence-electron chi connectivity index (χ4n) is 16.9. The van der Waals surface area contributed by atoms with Gasteiger partial charge in [-0.1, -0.05) is 113 Å². The van der Waals surface area contributed by atoms with Gasteiger partial charge in [0.05, 0.1) is 37.8 Å². The molecule has 33 heteroatoms. The van der Waals surface area contributed by atoms with Crippen LogP contribution in [0.2, 0.25) is 20.1 Å². The van der Waals surface area contributed by atoms with Crippen LogP contribution in [-0.2, 0) is 64.7 Å². The highest BCUT2D eigenvalue weighted by Crippen LogP contribution is 2.47. The van der Waals surface area contributed by atoms with E-state index in [2.05, 4.69) is 28.1 Å². The second-order valence-corrected chi connectivity index (χ2v) is 33.8. The van der Waals surface area contributed by atoms with E-state index >= 15 is 0 Å². The molecule has 0 radical (unpaired) electrons. The maximum absolute atomic E-state index is 14.4. The molecule has 22 atom stereocenters. The van der Waals surface area contributed by atoms with Gasteiger partial charge in [0.25, 0.3) is 0 Å². The standard InChI is InChI=1S/C25H26ClNO6.C23H25ClO6.C21H23ClFNO6.C21H22ClFO7/c1-27-7-6-15-12-32-19-5-2-13(9-17(19)21(15)27)8-16-10-14(3-4-18(16)26)25-24(31)23(30)22(29)20(11-28)33-25;24-16-3-2-12(23-22(28)21(27)20(26)19(10-25)30-23)7-13(16)5-11-1-4-17-14(6-11)8-15-9-18(15)29-17;22-13-2-1-11(20-19(28)18(27)17(26)16(9-25)30-20)8-12(13)5-10-6-14(23)21-15(7-10)24-3-4-29-21;22-13-2-1-11(20-19(27)18(26)17(25)16(9-24)30-20)8-12(13)5-10-6-14(23)21-15(7-10)28-3-4-29-21/h2-7,9-10,20,22-25,28-31H,8,11-12H2,1H3;1-4,6-7,15,18-23,25-28H,5,8-10H2;1-2,6-8,16-20,24-28H,3-5,9H2;1-2,6-8,16-20,24-27H,3-5,9H2/t20-,22-,23+,24-,25+;15?,18?,19-,20-,21+,22-,23+;2*16-,17-,18+,19-,20+/m1111/s1. The van der Waals surface area contributed by atoms with Crippen molar-refractivity contribution in [1.29, 1.82) is 0 Å². The van der Waals surface area contributed by atoms with Crippen molar-refractivity contribution in [2.75, 3.05) is 58.1 Å². The number of benzene rings is 8. The Labute approximate surface area is 725 Å². The first-order valence-corrected chi connectivity index (χ1v) is 41.9. The van der Waals surface area contributed by atoms with Crippen molar-refractivity contribution < 1.29 is 133 Å². The Kier molecular flexibility index (Phi) is 28.3. The van der Waals surface area contributed by atoms with Crippen LogP contribution >= 0.6 is 46.4 Å². The molecule has 0 amide bonds. The summed E-state index contributed by atoms with van der Waals surface area (Å²) in [5.74, 6) is 2.09. The summed E-state index contributed by atoms with van der Waals surface area (Å²) < 4.78 is 81.4. The minimum Gasteiger partial charge on any atom is -0.490 e. The van der Waals surface area contributed by atoms with Crippen LogP contribution in [0.15, 0.2) is 146 Å². The first kappa shape index (κ1) is 89.9. The van der Waals surface area contributed by atoms with E-state index in [4.69, 9.17) is 89.0 Å². The third-order valence-corrected chi connectivity index (χ3v) is 25.2. The lowest BCUT2D eigenvalue weighted by molar-refractivity contribution is -0.231. The van der Waals surface area contributed by atoms with Gasteiger partial charge in [0.2, 0.25) is 0 Å². The normalized spacial score (nSPS) is 29.4. The molecule has 9 heterocycles. The number of aryl methyl sites for hydroxylation is 1. The molecule has 9 aromatic rings. The molecule has 18 rings (SSSR count). The van der Waals surface area contributed by atoms with Crippen molar-refractivity contribution in [3.05, 3.63) is 255 Å². The summed E-state index contributed by atoms with van der Waals surface area (Å²) in [4.78, 5) is 0. The zero-order valence-electron chi connectivity index (χ0n) is 66.2. The van der Waals surface area contributed by atoms with E-state index in [9.17, 15) is 90.5 Å². The molecule has 8 aromatic carbocycles. The monoisotopic (exact) mass is 1780 g/mol. The number of anilines is 1. The quantitative estimate of drug-likeness (QED) is 0.0469. The largest absolute Gasteiger partial charge is 0.490 e. The van der Waals surface area contributed by atoms with Gasteiger partial charge < -0.3 is 134 Å². The lowest BCUT2D eigenvalue weighted by Crippen LogP contribution is -2.55. The van der Waals surface area contributed by atoms with Gasteiger partial charge in [0.15, 0.2) is 28.9 Å². The van der Waals surface area contributed by atoms with Gasteiger partial charge in [-0.05, 0) is 184 Å². The van der Waals surface area contributed by atoms with Crippen LogP contribution < -0.4 is 29.0 Å². The number of aromatic nitrogens is 1. The van der Waals surface area contributed by atoms with E-state index in [1.165, 1.54) is 17.7 Å². The Morgan fingerprint density at radius 3 is 1.25 bits per heavy atom. The minimum atomic E-state index is -1.48. The van der Waals surface area contributed by atoms with Gasteiger partial charge in [-0.2, -0.15) is 0 Å². The maximum atomic E-state index is 14.4. The molecular weight excluding hydrogens is 1690 g/mol. The van der Waals surface area contributed by atoms with E-state index < -0.39 is 160 Å². The lowest BCUT2D eigenvalue weighted by Gasteiger charge is -2.40. The molecule has 17 N–H and O–H groups in total. The molecule has 2 unspecified atom stereocenters. The smallest absolute Gasteiger partial charge is 0.197 e. The second-order valence-electron chi connectivity index (χ2n) is 32.2. The van der Waals surface area contributed by atoms with Crippen LogP contribution in [0.5, 0.6) is 28.7 Å². The molecule has 9 aliphatic rings. The van der Waals surface area contributed by atoms with Gasteiger partial charge >= 0.3 is 0 Å². The fraction of sp³-hybridized carbons (Fsp3) is 0.422. The molecular formula is C90H96Cl4F2N2O25. The summed E-state index contributed by atoms with van der Waals surface area (Å²) in [6.07, 6.45) is -18.2. The molecule has 8 aliphatic heterocycles. The predicted molar refractivity (Wildman–Crippen MR) is 444 cm³/mol. The molecule has 4 saturated heterocycles. The molecule has 1 aromatic heterocycles. The molecule has 0 bridgehead atoms. The van der Waals surface area contributed by atoms with Gasteiger partial charge in [0.1, 0.15) is 166 Å². The number of nitrogens with zero attached hydrogens (tertiary/aromatic N) is 1. The van der Waals surface area contributed by atoms with Crippen molar-refractivity contribution in [1.82, 2.24) is 4.57 Å². The number of ether oxygens (including phenoxy) is 9. The predicted octanol–water partition coefficient (Wildman–Crippen LogP) is 6.86. The lowest BCUT2D eigenvalue weighted by atomic mass is 9.90. The molecule has 5 fully saturated rings. The molecule has 0 spiro atoms. The van der Waals surface area contributed by atoms with Gasteiger partial charge in [-0.15, -0.1) is 0 Å². The van der Waals surface area contributed by atoms with E-state index in [1.807, 2.05) is 49.6 Å². The van der Waals surface area contributed by atoms with Crippen LogP contribution in [-0.4, -0.2) is 243 Å². The summed E-state index contributed by atoms with van der Waals surface area (Å²) in [5, 5.41) is 165. The van der Waals surface area contributed by atoms with Crippen molar-refractivity contribution in [3.8, 4) is 40.0 Å². The number of rotatable bonds is 16. The average Bonchev–Trinajstić information content (AvgIpc) is 1.65. The van der Waals surface area contributed by atoms with Crippen LogP contribution in [0.1, 0.15) is 109 Å². The Morgan fingerprint density at radius 2 is 0.797 bits per heavy atom. The Morgan fingerprint density at radius 1 is 0.390 bits per heavy atom. The molecule has 658 valence electrons. The Hall–Kier alpha value is -7.94. The Bertz CT molecular complexity index is 5090. The highest BCUT2D eigenvalue weighted by molar-refractivity contribution is 6.32. The number of hydrogen-bond acceptors (Lipinski definition) is 26. The summed E-state index contributed by atoms with van der Waals surface area (Å²) >= 11 is 25.6. The third-order valence-electron chi connectivity index (χ3n) is 23.7. The van der Waals surface area contributed by atoms with E-state index in [1.54, 1.807) is 72.8 Å². The summed E-state index contributed by atoms with van der Waals surface area (Å²) in [7, 11) is 2.02. The van der Waals surface area contributed by atoms with Crippen LogP contribution in [0.4, 0.5) is 14.5 Å². The Balaban J connectivity index is 0.000000127. The fourth-order valence-corrected chi connectivity index (χ4v) is 17.6. The van der Waals surface area contributed by atoms with Gasteiger partial charge in [0, 0.05) is 56.9 Å². The van der Waals surface area contributed by atoms with Crippen LogP contribution in [0, 0.1) is 17.6 Å². The number of aliphatic hydroxyl groups excluding tert-OH is 16. The maximum Gasteiger partial charge on any atom is 0.197 e. The summed E-state index contributed by atoms with van der Waals surface area (Å²) in [6, 6.07) is 41.1. The topological polar surface area (TPSA) is 424 Å². The number of halogens is 6. The highest BCUT2D eigenvalue weighted by Gasteiger charge is 2.49. The first-order valence-electron chi connectivity index (χ1n) is 40.4. The van der Waals surface area contributed by atoms with Crippen molar-refractivity contribution in [2.45, 2.75) is 173 Å².